The van der Waals surface area contributed by atoms with Crippen LogP contribution in [0.5, 0.6) is 0 Å². The zero-order valence-electron chi connectivity index (χ0n) is 6.72. The van der Waals surface area contributed by atoms with E-state index in [-0.39, 0.29) is 0 Å². The third-order valence-electron chi connectivity index (χ3n) is 1.77. The highest BCUT2D eigenvalue weighted by molar-refractivity contribution is 4.96. The summed E-state index contributed by atoms with van der Waals surface area (Å²) in [6, 6.07) is 3.06. The van der Waals surface area contributed by atoms with Crippen molar-refractivity contribution in [3.63, 3.8) is 0 Å². The summed E-state index contributed by atoms with van der Waals surface area (Å²) in [6.45, 7) is 6.37. The molecule has 1 rings (SSSR count). The van der Waals surface area contributed by atoms with Gasteiger partial charge in [-0.05, 0) is 14.0 Å². The van der Waals surface area contributed by atoms with Crippen LogP contribution < -0.4 is 0 Å². The SMILES string of the molecule is CC#CN1CCN(C)CC1. The van der Waals surface area contributed by atoms with Crippen LogP contribution in [0, 0.1) is 12.0 Å². The number of hydrogen-bond donors (Lipinski definition) is 0. The molecule has 0 aromatic rings. The molecule has 1 saturated heterocycles. The second-order valence-corrected chi connectivity index (χ2v) is 2.65. The summed E-state index contributed by atoms with van der Waals surface area (Å²) in [5, 5.41) is 0. The van der Waals surface area contributed by atoms with Gasteiger partial charge in [-0.25, -0.2) is 0 Å². The monoisotopic (exact) mass is 138 g/mol. The van der Waals surface area contributed by atoms with Crippen LogP contribution in [0.2, 0.25) is 0 Å². The molecule has 0 spiro atoms. The number of piperazine rings is 1. The van der Waals surface area contributed by atoms with E-state index >= 15 is 0 Å². The minimum atomic E-state index is 1.09. The van der Waals surface area contributed by atoms with E-state index in [9.17, 15) is 0 Å². The molecular formula is C8H14N2. The van der Waals surface area contributed by atoms with Crippen LogP contribution in [0.15, 0.2) is 0 Å². The molecule has 0 aliphatic carbocycles. The molecule has 1 heterocycles. The van der Waals surface area contributed by atoms with Crippen LogP contribution in [0.25, 0.3) is 0 Å². The number of rotatable bonds is 0. The predicted octanol–water partition coefficient (Wildman–Crippen LogP) is 0.215. The fourth-order valence-electron chi connectivity index (χ4n) is 1.08. The Morgan fingerprint density at radius 1 is 1.10 bits per heavy atom. The molecule has 1 fully saturated rings. The highest BCUT2D eigenvalue weighted by Crippen LogP contribution is 1.95. The Kier molecular flexibility index (Phi) is 2.58. The summed E-state index contributed by atoms with van der Waals surface area (Å²) < 4.78 is 0. The van der Waals surface area contributed by atoms with Gasteiger partial charge in [0.2, 0.25) is 0 Å². The lowest BCUT2D eigenvalue weighted by Gasteiger charge is -2.29. The summed E-state index contributed by atoms with van der Waals surface area (Å²) >= 11 is 0. The molecule has 0 unspecified atom stereocenters. The molecule has 0 radical (unpaired) electrons. The van der Waals surface area contributed by atoms with Gasteiger partial charge in [-0.15, -0.1) is 0 Å². The molecule has 0 aromatic carbocycles. The molecular weight excluding hydrogens is 124 g/mol. The predicted molar refractivity (Wildman–Crippen MR) is 42.5 cm³/mol. The maximum atomic E-state index is 3.06. The summed E-state index contributed by atoms with van der Waals surface area (Å²) in [6.07, 6.45) is 0. The fraction of sp³-hybridized carbons (Fsp3) is 0.750. The first-order valence-electron chi connectivity index (χ1n) is 3.69. The molecule has 0 saturated carbocycles. The maximum Gasteiger partial charge on any atom is 0.0388 e. The van der Waals surface area contributed by atoms with Gasteiger partial charge in [-0.2, -0.15) is 0 Å². The zero-order valence-corrected chi connectivity index (χ0v) is 6.72. The van der Waals surface area contributed by atoms with Crippen molar-refractivity contribution in [2.24, 2.45) is 0 Å². The Morgan fingerprint density at radius 3 is 2.20 bits per heavy atom. The van der Waals surface area contributed by atoms with Gasteiger partial charge in [0, 0.05) is 32.2 Å². The summed E-state index contributed by atoms with van der Waals surface area (Å²) in [5.74, 6) is 2.91. The number of nitrogens with zero attached hydrogens (tertiary/aromatic N) is 2. The van der Waals surface area contributed by atoms with Crippen molar-refractivity contribution in [3.8, 4) is 12.0 Å². The molecule has 10 heavy (non-hydrogen) atoms. The summed E-state index contributed by atoms with van der Waals surface area (Å²) in [5.41, 5.74) is 0. The highest BCUT2D eigenvalue weighted by Gasteiger charge is 2.09. The first-order valence-corrected chi connectivity index (χ1v) is 3.69. The van der Waals surface area contributed by atoms with Crippen molar-refractivity contribution in [1.82, 2.24) is 9.80 Å². The lowest BCUT2D eigenvalue weighted by molar-refractivity contribution is 0.207. The Bertz CT molecular complexity index is 146. The van der Waals surface area contributed by atoms with Gasteiger partial charge in [0.1, 0.15) is 0 Å². The third-order valence-corrected chi connectivity index (χ3v) is 1.77. The van der Waals surface area contributed by atoms with Gasteiger partial charge in [-0.1, -0.05) is 5.92 Å². The lowest BCUT2D eigenvalue weighted by atomic mass is 10.3. The van der Waals surface area contributed by atoms with Gasteiger partial charge in [0.15, 0.2) is 0 Å². The minimum Gasteiger partial charge on any atom is -0.330 e. The van der Waals surface area contributed by atoms with Crippen molar-refractivity contribution >= 4 is 0 Å². The van der Waals surface area contributed by atoms with E-state index in [0.717, 1.165) is 26.2 Å². The first-order chi connectivity index (χ1) is 4.83. The van der Waals surface area contributed by atoms with Crippen LogP contribution in [-0.4, -0.2) is 43.0 Å². The van der Waals surface area contributed by atoms with E-state index in [4.69, 9.17) is 0 Å². The highest BCUT2D eigenvalue weighted by atomic mass is 15.2. The molecule has 1 aliphatic heterocycles. The molecule has 2 heteroatoms. The van der Waals surface area contributed by atoms with Crippen molar-refractivity contribution in [2.75, 3.05) is 33.2 Å². The average molecular weight is 138 g/mol. The Labute approximate surface area is 62.8 Å². The third kappa shape index (κ3) is 1.93. The first kappa shape index (κ1) is 7.43. The number of likely N-dealkylation sites (N-methyl/N-ethyl adjacent to an activating group) is 1. The van der Waals surface area contributed by atoms with Crippen LogP contribution in [-0.2, 0) is 0 Å². The van der Waals surface area contributed by atoms with Gasteiger partial charge in [-0.3, -0.25) is 0 Å². The average Bonchev–Trinajstić information content (AvgIpc) is 1.95. The Morgan fingerprint density at radius 2 is 1.70 bits per heavy atom. The normalized spacial score (nSPS) is 20.0. The van der Waals surface area contributed by atoms with Crippen LogP contribution in [0.4, 0.5) is 0 Å². The maximum absolute atomic E-state index is 3.06. The molecule has 0 N–H and O–H groups in total. The smallest absolute Gasteiger partial charge is 0.0388 e. The molecule has 2 nitrogen and oxygen atoms in total. The van der Waals surface area contributed by atoms with Crippen LogP contribution >= 0.6 is 0 Å². The topological polar surface area (TPSA) is 6.48 Å². The molecule has 0 aromatic heterocycles. The Hall–Kier alpha value is -0.680. The van der Waals surface area contributed by atoms with Gasteiger partial charge in [0.25, 0.3) is 0 Å². The zero-order chi connectivity index (χ0) is 7.40. The molecule has 56 valence electrons. The van der Waals surface area contributed by atoms with E-state index in [1.54, 1.807) is 0 Å². The van der Waals surface area contributed by atoms with E-state index in [0.29, 0.717) is 0 Å². The lowest BCUT2D eigenvalue weighted by Crippen LogP contribution is -2.41. The van der Waals surface area contributed by atoms with Gasteiger partial charge >= 0.3 is 0 Å². The number of hydrogen-bond acceptors (Lipinski definition) is 2. The van der Waals surface area contributed by atoms with E-state index in [2.05, 4.69) is 28.8 Å². The summed E-state index contributed by atoms with van der Waals surface area (Å²) in [4.78, 5) is 4.51. The van der Waals surface area contributed by atoms with E-state index in [1.807, 2.05) is 6.92 Å². The second-order valence-electron chi connectivity index (χ2n) is 2.65. The second kappa shape index (κ2) is 3.48. The van der Waals surface area contributed by atoms with Crippen LogP contribution in [0.3, 0.4) is 0 Å². The molecule has 1 aliphatic rings. The standard InChI is InChI=1S/C8H14N2/c1-3-4-10-7-5-9(2)6-8-10/h5-8H2,1-2H3. The molecule has 0 amide bonds. The fourth-order valence-corrected chi connectivity index (χ4v) is 1.08. The minimum absolute atomic E-state index is 1.09. The van der Waals surface area contributed by atoms with Crippen LogP contribution in [0.1, 0.15) is 6.92 Å². The Balaban J connectivity index is 2.30. The van der Waals surface area contributed by atoms with Gasteiger partial charge in [0.05, 0.1) is 0 Å². The van der Waals surface area contributed by atoms with Crippen molar-refractivity contribution in [2.45, 2.75) is 6.92 Å². The largest absolute Gasteiger partial charge is 0.330 e. The van der Waals surface area contributed by atoms with Crippen molar-refractivity contribution < 1.29 is 0 Å². The van der Waals surface area contributed by atoms with E-state index < -0.39 is 0 Å². The van der Waals surface area contributed by atoms with Gasteiger partial charge < -0.3 is 9.80 Å². The quantitative estimate of drug-likeness (QED) is 0.442. The van der Waals surface area contributed by atoms with Crippen molar-refractivity contribution in [3.05, 3.63) is 0 Å². The summed E-state index contributed by atoms with van der Waals surface area (Å²) in [7, 11) is 2.15. The van der Waals surface area contributed by atoms with E-state index in [1.165, 1.54) is 0 Å². The molecule has 0 bridgehead atoms. The van der Waals surface area contributed by atoms with Crippen molar-refractivity contribution in [1.29, 1.82) is 0 Å². The molecule has 0 atom stereocenters.